The Kier molecular flexibility index (Phi) is 3.91. The van der Waals surface area contributed by atoms with E-state index in [0.717, 1.165) is 12.8 Å². The predicted molar refractivity (Wildman–Crippen MR) is 68.0 cm³/mol. The quantitative estimate of drug-likeness (QED) is 0.855. The maximum atomic E-state index is 12.0. The Morgan fingerprint density at radius 2 is 2.33 bits per heavy atom. The predicted octanol–water partition coefficient (Wildman–Crippen LogP) is 1.58. The zero-order chi connectivity index (χ0) is 13.2. The molecule has 0 aromatic carbocycles. The van der Waals surface area contributed by atoms with Crippen molar-refractivity contribution in [2.24, 2.45) is 0 Å². The average molecular weight is 291 g/mol. The topological polar surface area (TPSA) is 68.3 Å². The van der Waals surface area contributed by atoms with Crippen molar-refractivity contribution in [1.82, 2.24) is 9.71 Å². The van der Waals surface area contributed by atoms with Crippen LogP contribution in [-0.4, -0.2) is 32.2 Å². The normalized spacial score (nSPS) is 24.3. The van der Waals surface area contributed by atoms with E-state index in [1.165, 1.54) is 18.3 Å². The number of nitrogens with zero attached hydrogens (tertiary/aromatic N) is 1. The number of pyridine rings is 1. The lowest BCUT2D eigenvalue weighted by atomic mass is 10.0. The molecule has 0 aliphatic carbocycles. The van der Waals surface area contributed by atoms with Crippen molar-refractivity contribution in [1.29, 1.82) is 0 Å². The second-order valence-electron chi connectivity index (χ2n) is 4.54. The molecule has 100 valence electrons. The first-order valence-corrected chi connectivity index (χ1v) is 7.53. The summed E-state index contributed by atoms with van der Waals surface area (Å²) in [5.41, 5.74) is -0.410. The monoisotopic (exact) mass is 290 g/mol. The van der Waals surface area contributed by atoms with E-state index in [1.54, 1.807) is 0 Å². The molecule has 1 N–H and O–H groups in total. The second-order valence-corrected chi connectivity index (χ2v) is 6.70. The van der Waals surface area contributed by atoms with Gasteiger partial charge in [0, 0.05) is 19.3 Å². The molecule has 1 atom stereocenters. The zero-order valence-electron chi connectivity index (χ0n) is 10.0. The first-order valence-electron chi connectivity index (χ1n) is 5.67. The molecule has 0 saturated carbocycles. The molecule has 1 saturated heterocycles. The Bertz CT molecular complexity index is 510. The Balaban J connectivity index is 2.05. The van der Waals surface area contributed by atoms with Crippen molar-refractivity contribution in [3.05, 3.63) is 23.5 Å². The van der Waals surface area contributed by atoms with Gasteiger partial charge in [0.2, 0.25) is 10.0 Å². The molecule has 1 fully saturated rings. The minimum absolute atomic E-state index is 0.105. The van der Waals surface area contributed by atoms with Crippen LogP contribution in [0.2, 0.25) is 5.15 Å². The SMILES string of the molecule is CC1(CNS(=O)(=O)c2ccc(Cl)nc2)CCCO1. The molecule has 2 rings (SSSR count). The summed E-state index contributed by atoms with van der Waals surface area (Å²) in [6.45, 7) is 2.85. The standard InChI is InChI=1S/C11H15ClN2O3S/c1-11(5-2-6-17-11)8-14-18(15,16)9-3-4-10(12)13-7-9/h3-4,7,14H,2,5-6,8H2,1H3. The van der Waals surface area contributed by atoms with Gasteiger partial charge >= 0.3 is 0 Å². The van der Waals surface area contributed by atoms with Gasteiger partial charge in [0.05, 0.1) is 5.60 Å². The van der Waals surface area contributed by atoms with E-state index >= 15 is 0 Å². The average Bonchev–Trinajstić information content (AvgIpc) is 2.75. The third-order valence-electron chi connectivity index (χ3n) is 2.95. The summed E-state index contributed by atoms with van der Waals surface area (Å²) in [7, 11) is -3.55. The van der Waals surface area contributed by atoms with E-state index in [9.17, 15) is 8.42 Å². The van der Waals surface area contributed by atoms with Crippen molar-refractivity contribution < 1.29 is 13.2 Å². The van der Waals surface area contributed by atoms with E-state index in [2.05, 4.69) is 9.71 Å². The van der Waals surface area contributed by atoms with Gasteiger partial charge < -0.3 is 4.74 Å². The Hall–Kier alpha value is -0.690. The van der Waals surface area contributed by atoms with Gasteiger partial charge in [-0.2, -0.15) is 0 Å². The number of ether oxygens (including phenoxy) is 1. The van der Waals surface area contributed by atoms with E-state index in [0.29, 0.717) is 6.61 Å². The lowest BCUT2D eigenvalue weighted by molar-refractivity contribution is 0.0250. The molecule has 0 bridgehead atoms. The van der Waals surface area contributed by atoms with E-state index in [4.69, 9.17) is 16.3 Å². The first kappa shape index (κ1) is 13.7. The maximum absolute atomic E-state index is 12.0. The summed E-state index contributed by atoms with van der Waals surface area (Å²) >= 11 is 5.62. The molecule has 0 radical (unpaired) electrons. The number of halogens is 1. The molecule has 1 aromatic rings. The van der Waals surface area contributed by atoms with Crippen LogP contribution in [0.15, 0.2) is 23.2 Å². The molecule has 1 aliphatic heterocycles. The Labute approximate surface area is 112 Å². The summed E-state index contributed by atoms with van der Waals surface area (Å²) in [4.78, 5) is 3.86. The van der Waals surface area contributed by atoms with Crippen molar-refractivity contribution in [3.8, 4) is 0 Å². The fourth-order valence-electron chi connectivity index (χ4n) is 1.83. The molecule has 1 aliphatic rings. The smallest absolute Gasteiger partial charge is 0.242 e. The first-order chi connectivity index (χ1) is 8.41. The van der Waals surface area contributed by atoms with Gasteiger partial charge in [0.1, 0.15) is 10.0 Å². The van der Waals surface area contributed by atoms with E-state index in [1.807, 2.05) is 6.92 Å². The van der Waals surface area contributed by atoms with Crippen LogP contribution in [0.25, 0.3) is 0 Å². The molecular formula is C11H15ClN2O3S. The highest BCUT2D eigenvalue weighted by Gasteiger charge is 2.31. The van der Waals surface area contributed by atoms with E-state index in [-0.39, 0.29) is 16.6 Å². The minimum Gasteiger partial charge on any atom is -0.374 e. The highest BCUT2D eigenvalue weighted by Crippen LogP contribution is 2.24. The van der Waals surface area contributed by atoms with Gasteiger partial charge in [-0.1, -0.05) is 11.6 Å². The Morgan fingerprint density at radius 3 is 2.89 bits per heavy atom. The largest absolute Gasteiger partial charge is 0.374 e. The van der Waals surface area contributed by atoms with Crippen molar-refractivity contribution in [3.63, 3.8) is 0 Å². The van der Waals surface area contributed by atoms with E-state index < -0.39 is 15.6 Å². The third-order valence-corrected chi connectivity index (χ3v) is 4.56. The van der Waals surface area contributed by atoms with Gasteiger partial charge in [0.25, 0.3) is 0 Å². The lowest BCUT2D eigenvalue weighted by Crippen LogP contribution is -2.40. The number of rotatable bonds is 4. The molecule has 2 heterocycles. The molecule has 0 spiro atoms. The van der Waals surface area contributed by atoms with Crippen LogP contribution in [0.5, 0.6) is 0 Å². The van der Waals surface area contributed by atoms with Gasteiger partial charge in [-0.3, -0.25) is 0 Å². The molecule has 0 amide bonds. The maximum Gasteiger partial charge on any atom is 0.242 e. The van der Waals surface area contributed by atoms with Gasteiger partial charge in [-0.15, -0.1) is 0 Å². The summed E-state index contributed by atoms with van der Waals surface area (Å²) in [6.07, 6.45) is 3.05. The van der Waals surface area contributed by atoms with Crippen LogP contribution in [0, 0.1) is 0 Å². The van der Waals surface area contributed by atoms with Crippen LogP contribution < -0.4 is 4.72 Å². The minimum atomic E-state index is -3.55. The molecule has 18 heavy (non-hydrogen) atoms. The van der Waals surface area contributed by atoms with Crippen LogP contribution in [0.4, 0.5) is 0 Å². The lowest BCUT2D eigenvalue weighted by Gasteiger charge is -2.23. The number of hydrogen-bond acceptors (Lipinski definition) is 4. The third kappa shape index (κ3) is 3.20. The molecule has 1 unspecified atom stereocenters. The number of hydrogen-bond donors (Lipinski definition) is 1. The number of nitrogens with one attached hydrogen (secondary N) is 1. The fraction of sp³-hybridized carbons (Fsp3) is 0.545. The van der Waals surface area contributed by atoms with Gasteiger partial charge in [-0.25, -0.2) is 18.1 Å². The van der Waals surface area contributed by atoms with Gasteiger partial charge in [0.15, 0.2) is 0 Å². The van der Waals surface area contributed by atoms with Gasteiger partial charge in [-0.05, 0) is 31.9 Å². The van der Waals surface area contributed by atoms with Crippen molar-refractivity contribution in [2.75, 3.05) is 13.2 Å². The summed E-state index contributed by atoms with van der Waals surface area (Å²) in [5.74, 6) is 0. The Morgan fingerprint density at radius 1 is 1.56 bits per heavy atom. The summed E-state index contributed by atoms with van der Waals surface area (Å²) in [6, 6.07) is 2.87. The number of aromatic nitrogens is 1. The van der Waals surface area contributed by atoms with Crippen LogP contribution in [-0.2, 0) is 14.8 Å². The van der Waals surface area contributed by atoms with Crippen molar-refractivity contribution in [2.45, 2.75) is 30.3 Å². The van der Waals surface area contributed by atoms with Crippen LogP contribution in [0.3, 0.4) is 0 Å². The molecular weight excluding hydrogens is 276 g/mol. The highest BCUT2D eigenvalue weighted by atomic mass is 35.5. The van der Waals surface area contributed by atoms with Crippen LogP contribution >= 0.6 is 11.6 Å². The second kappa shape index (κ2) is 5.13. The highest BCUT2D eigenvalue weighted by molar-refractivity contribution is 7.89. The van der Waals surface area contributed by atoms with Crippen LogP contribution in [0.1, 0.15) is 19.8 Å². The molecule has 5 nitrogen and oxygen atoms in total. The number of sulfonamides is 1. The molecule has 7 heteroatoms. The summed E-state index contributed by atoms with van der Waals surface area (Å²) in [5, 5.41) is 0.264. The van der Waals surface area contributed by atoms with Crippen molar-refractivity contribution >= 4 is 21.6 Å². The zero-order valence-corrected chi connectivity index (χ0v) is 11.6. The molecule has 1 aromatic heterocycles. The fourth-order valence-corrected chi connectivity index (χ4v) is 3.04. The summed E-state index contributed by atoms with van der Waals surface area (Å²) < 4.78 is 32.1.